The van der Waals surface area contributed by atoms with Crippen molar-refractivity contribution in [1.82, 2.24) is 0 Å². The standard InChI is InChI=1S/C24H33FO.C2H6/c1-5-8-9-11-19(10-6-2)22-16-18(7-3)12-14-21(22)23-17-20(26-4)13-15-24(23)25;1-2/h12-17,19H,5-11H2,1-4H3;1-2H3. The highest BCUT2D eigenvalue weighted by molar-refractivity contribution is 5.70. The van der Waals surface area contributed by atoms with Crippen molar-refractivity contribution in [2.24, 2.45) is 0 Å². The molecule has 1 atom stereocenters. The van der Waals surface area contributed by atoms with Crippen LogP contribution in [-0.2, 0) is 6.42 Å². The molecule has 0 bridgehead atoms. The molecule has 0 spiro atoms. The summed E-state index contributed by atoms with van der Waals surface area (Å²) >= 11 is 0. The van der Waals surface area contributed by atoms with E-state index in [-0.39, 0.29) is 5.82 Å². The van der Waals surface area contributed by atoms with E-state index in [4.69, 9.17) is 4.74 Å². The topological polar surface area (TPSA) is 9.23 Å². The van der Waals surface area contributed by atoms with Crippen LogP contribution in [0, 0.1) is 5.82 Å². The van der Waals surface area contributed by atoms with Crippen molar-refractivity contribution in [2.45, 2.75) is 85.5 Å². The summed E-state index contributed by atoms with van der Waals surface area (Å²) in [4.78, 5) is 0. The Bertz CT molecular complexity index is 693. The van der Waals surface area contributed by atoms with Crippen molar-refractivity contribution >= 4 is 0 Å². The number of aryl methyl sites for hydroxylation is 1. The van der Waals surface area contributed by atoms with E-state index < -0.39 is 0 Å². The molecule has 0 fully saturated rings. The molecule has 28 heavy (non-hydrogen) atoms. The molecule has 2 aromatic rings. The molecule has 1 nitrogen and oxygen atoms in total. The molecule has 0 saturated carbocycles. The number of halogens is 1. The van der Waals surface area contributed by atoms with Crippen LogP contribution in [0.15, 0.2) is 36.4 Å². The Kier molecular flexibility index (Phi) is 11.6. The van der Waals surface area contributed by atoms with Crippen LogP contribution in [0.5, 0.6) is 5.75 Å². The second-order valence-corrected chi connectivity index (χ2v) is 7.10. The maximum atomic E-state index is 14.7. The van der Waals surface area contributed by atoms with Gasteiger partial charge < -0.3 is 4.74 Å². The lowest BCUT2D eigenvalue weighted by molar-refractivity contribution is 0.414. The lowest BCUT2D eigenvalue weighted by Crippen LogP contribution is -2.04. The number of rotatable bonds is 10. The maximum Gasteiger partial charge on any atom is 0.131 e. The third-order valence-corrected chi connectivity index (χ3v) is 5.22. The summed E-state index contributed by atoms with van der Waals surface area (Å²) in [6.45, 7) is 10.7. The second-order valence-electron chi connectivity index (χ2n) is 7.10. The first-order chi connectivity index (χ1) is 13.6. The molecule has 0 amide bonds. The molecule has 2 heteroatoms. The van der Waals surface area contributed by atoms with Crippen molar-refractivity contribution < 1.29 is 9.13 Å². The molecule has 0 saturated heterocycles. The van der Waals surface area contributed by atoms with E-state index in [2.05, 4.69) is 39.0 Å². The Labute approximate surface area is 172 Å². The minimum atomic E-state index is -0.180. The average Bonchev–Trinajstić information content (AvgIpc) is 2.74. The van der Waals surface area contributed by atoms with Gasteiger partial charge in [0.2, 0.25) is 0 Å². The van der Waals surface area contributed by atoms with Gasteiger partial charge in [0, 0.05) is 5.56 Å². The lowest BCUT2D eigenvalue weighted by atomic mass is 9.83. The summed E-state index contributed by atoms with van der Waals surface area (Å²) in [7, 11) is 1.63. The number of unbranched alkanes of at least 4 members (excludes halogenated alkanes) is 2. The van der Waals surface area contributed by atoms with Crippen molar-refractivity contribution in [1.29, 1.82) is 0 Å². The quantitative estimate of drug-likeness (QED) is 0.372. The zero-order chi connectivity index (χ0) is 20.9. The zero-order valence-electron chi connectivity index (χ0n) is 18.8. The molecule has 1 unspecified atom stereocenters. The Hall–Kier alpha value is -1.83. The van der Waals surface area contributed by atoms with E-state index in [0.717, 1.165) is 24.8 Å². The van der Waals surface area contributed by atoms with Gasteiger partial charge in [0.25, 0.3) is 0 Å². The molecule has 2 rings (SSSR count). The molecular weight excluding hydrogens is 347 g/mol. The number of benzene rings is 2. The summed E-state index contributed by atoms with van der Waals surface area (Å²) < 4.78 is 20.0. The van der Waals surface area contributed by atoms with Crippen LogP contribution < -0.4 is 4.74 Å². The van der Waals surface area contributed by atoms with Gasteiger partial charge >= 0.3 is 0 Å². The summed E-state index contributed by atoms with van der Waals surface area (Å²) in [5.74, 6) is 1.00. The maximum absolute atomic E-state index is 14.7. The highest BCUT2D eigenvalue weighted by atomic mass is 19.1. The fraction of sp³-hybridized carbons (Fsp3) is 0.538. The largest absolute Gasteiger partial charge is 0.497 e. The number of ether oxygens (including phenoxy) is 1. The lowest BCUT2D eigenvalue weighted by Gasteiger charge is -2.22. The molecule has 2 aromatic carbocycles. The average molecular weight is 387 g/mol. The van der Waals surface area contributed by atoms with Crippen LogP contribution in [0.25, 0.3) is 11.1 Å². The third kappa shape index (κ3) is 6.65. The van der Waals surface area contributed by atoms with Gasteiger partial charge in [-0.3, -0.25) is 0 Å². The van der Waals surface area contributed by atoms with E-state index in [1.165, 1.54) is 42.9 Å². The molecular formula is C26H39FO. The smallest absolute Gasteiger partial charge is 0.131 e. The van der Waals surface area contributed by atoms with E-state index in [0.29, 0.717) is 17.2 Å². The molecule has 0 aliphatic carbocycles. The molecule has 0 aliphatic heterocycles. The molecule has 156 valence electrons. The van der Waals surface area contributed by atoms with E-state index in [1.54, 1.807) is 13.2 Å². The zero-order valence-corrected chi connectivity index (χ0v) is 18.8. The van der Waals surface area contributed by atoms with Crippen LogP contribution in [-0.4, -0.2) is 7.11 Å². The van der Waals surface area contributed by atoms with Gasteiger partial charge in [-0.2, -0.15) is 0 Å². The fourth-order valence-electron chi connectivity index (χ4n) is 3.70. The molecule has 0 aliphatic rings. The minimum Gasteiger partial charge on any atom is -0.497 e. The Morgan fingerprint density at radius 2 is 1.61 bits per heavy atom. The third-order valence-electron chi connectivity index (χ3n) is 5.22. The van der Waals surface area contributed by atoms with Crippen LogP contribution in [0.3, 0.4) is 0 Å². The van der Waals surface area contributed by atoms with E-state index in [9.17, 15) is 4.39 Å². The van der Waals surface area contributed by atoms with Gasteiger partial charge in [-0.1, -0.05) is 78.5 Å². The summed E-state index contributed by atoms with van der Waals surface area (Å²) in [5, 5.41) is 0. The normalized spacial score (nSPS) is 11.5. The van der Waals surface area contributed by atoms with Crippen molar-refractivity contribution in [3.8, 4) is 16.9 Å². The van der Waals surface area contributed by atoms with Crippen molar-refractivity contribution in [3.63, 3.8) is 0 Å². The molecule has 0 radical (unpaired) electrons. The molecule has 0 N–H and O–H groups in total. The number of hydrogen-bond donors (Lipinski definition) is 0. The van der Waals surface area contributed by atoms with E-state index >= 15 is 0 Å². The monoisotopic (exact) mass is 386 g/mol. The molecule has 0 heterocycles. The number of hydrogen-bond acceptors (Lipinski definition) is 1. The summed E-state index contributed by atoms with van der Waals surface area (Å²) in [5.41, 5.74) is 4.30. The highest BCUT2D eigenvalue weighted by Gasteiger charge is 2.18. The predicted molar refractivity (Wildman–Crippen MR) is 121 cm³/mol. The predicted octanol–water partition coefficient (Wildman–Crippen LogP) is 8.55. The van der Waals surface area contributed by atoms with Gasteiger partial charge in [-0.05, 0) is 60.1 Å². The van der Waals surface area contributed by atoms with Gasteiger partial charge in [0.05, 0.1) is 7.11 Å². The first-order valence-corrected chi connectivity index (χ1v) is 11.1. The van der Waals surface area contributed by atoms with Gasteiger partial charge in [0.15, 0.2) is 0 Å². The molecule has 0 aromatic heterocycles. The summed E-state index contributed by atoms with van der Waals surface area (Å²) in [6.07, 6.45) is 8.19. The highest BCUT2D eigenvalue weighted by Crippen LogP contribution is 2.38. The van der Waals surface area contributed by atoms with Crippen LogP contribution in [0.2, 0.25) is 0 Å². The van der Waals surface area contributed by atoms with Crippen molar-refractivity contribution in [2.75, 3.05) is 7.11 Å². The van der Waals surface area contributed by atoms with Crippen LogP contribution >= 0.6 is 0 Å². The first kappa shape index (κ1) is 24.2. The van der Waals surface area contributed by atoms with Crippen LogP contribution in [0.1, 0.15) is 90.2 Å². The van der Waals surface area contributed by atoms with Crippen LogP contribution in [0.4, 0.5) is 4.39 Å². The Morgan fingerprint density at radius 1 is 0.857 bits per heavy atom. The minimum absolute atomic E-state index is 0.180. The Morgan fingerprint density at radius 3 is 2.21 bits per heavy atom. The number of methoxy groups -OCH3 is 1. The SMILES string of the molecule is CC.CCCCCC(CCC)c1cc(CC)ccc1-c1cc(OC)ccc1F. The van der Waals surface area contributed by atoms with Crippen molar-refractivity contribution in [3.05, 3.63) is 53.3 Å². The van der Waals surface area contributed by atoms with E-state index in [1.807, 2.05) is 19.9 Å². The summed E-state index contributed by atoms with van der Waals surface area (Å²) in [6, 6.07) is 11.6. The van der Waals surface area contributed by atoms with Gasteiger partial charge in [-0.25, -0.2) is 4.39 Å². The fourth-order valence-corrected chi connectivity index (χ4v) is 3.70. The van der Waals surface area contributed by atoms with Gasteiger partial charge in [0.1, 0.15) is 11.6 Å². The first-order valence-electron chi connectivity index (χ1n) is 11.1. The van der Waals surface area contributed by atoms with Gasteiger partial charge in [-0.15, -0.1) is 0 Å². The Balaban J connectivity index is 0.00000190. The second kappa shape index (κ2) is 13.4.